The van der Waals surface area contributed by atoms with Crippen LogP contribution in [0, 0.1) is 11.8 Å². The van der Waals surface area contributed by atoms with E-state index in [0.29, 0.717) is 30.8 Å². The lowest BCUT2D eigenvalue weighted by atomic mass is 9.89. The van der Waals surface area contributed by atoms with Crippen molar-refractivity contribution in [2.75, 3.05) is 32.7 Å². The first-order chi connectivity index (χ1) is 11.8. The van der Waals surface area contributed by atoms with Gasteiger partial charge in [0, 0.05) is 25.6 Å². The molecule has 1 aliphatic heterocycles. The number of nitrogens with one attached hydrogen (secondary N) is 1. The number of halogens is 1. The van der Waals surface area contributed by atoms with Gasteiger partial charge in [-0.1, -0.05) is 49.6 Å². The topological polar surface area (TPSA) is 58.4 Å². The van der Waals surface area contributed by atoms with Crippen molar-refractivity contribution in [3.05, 3.63) is 35.9 Å². The zero-order valence-electron chi connectivity index (χ0n) is 15.0. The van der Waals surface area contributed by atoms with Gasteiger partial charge in [0.05, 0.1) is 6.54 Å². The number of amides is 1. The number of nitrogens with zero attached hydrogens (tertiary/aromatic N) is 1. The van der Waals surface area contributed by atoms with Gasteiger partial charge >= 0.3 is 0 Å². The van der Waals surface area contributed by atoms with Gasteiger partial charge in [-0.3, -0.25) is 9.69 Å². The van der Waals surface area contributed by atoms with E-state index in [-0.39, 0.29) is 18.3 Å². The monoisotopic (exact) mass is 365 g/mol. The van der Waals surface area contributed by atoms with Crippen molar-refractivity contribution < 1.29 is 4.79 Å². The van der Waals surface area contributed by atoms with Gasteiger partial charge in [0.1, 0.15) is 0 Å². The molecule has 1 saturated heterocycles. The third-order valence-corrected chi connectivity index (χ3v) is 5.73. The third kappa shape index (κ3) is 5.70. The van der Waals surface area contributed by atoms with Crippen LogP contribution < -0.4 is 11.1 Å². The molecular weight excluding hydrogens is 334 g/mol. The molecule has 1 amide bonds. The summed E-state index contributed by atoms with van der Waals surface area (Å²) < 4.78 is 0. The Labute approximate surface area is 157 Å². The van der Waals surface area contributed by atoms with Crippen LogP contribution in [0.2, 0.25) is 0 Å². The van der Waals surface area contributed by atoms with Gasteiger partial charge in [-0.2, -0.15) is 0 Å². The Balaban J connectivity index is 0.00000225. The first kappa shape index (κ1) is 20.2. The van der Waals surface area contributed by atoms with Crippen molar-refractivity contribution in [2.45, 2.75) is 38.0 Å². The number of carbonyl (C=O) groups excluding carboxylic acids is 1. The number of benzene rings is 1. The average molecular weight is 366 g/mol. The molecule has 3 rings (SSSR count). The molecule has 1 aromatic carbocycles. The summed E-state index contributed by atoms with van der Waals surface area (Å²) in [4.78, 5) is 14.6. The Kier molecular flexibility index (Phi) is 8.20. The maximum absolute atomic E-state index is 12.3. The fraction of sp³-hybridized carbons (Fsp3) is 0.650. The average Bonchev–Trinajstić information content (AvgIpc) is 3.04. The molecule has 0 bridgehead atoms. The van der Waals surface area contributed by atoms with Crippen LogP contribution in [0.15, 0.2) is 30.3 Å². The lowest BCUT2D eigenvalue weighted by molar-refractivity contribution is -0.122. The smallest absolute Gasteiger partial charge is 0.234 e. The van der Waals surface area contributed by atoms with Crippen LogP contribution in [-0.4, -0.2) is 43.5 Å². The van der Waals surface area contributed by atoms with Gasteiger partial charge in [0.2, 0.25) is 5.91 Å². The molecule has 1 heterocycles. The molecule has 3 N–H and O–H groups in total. The van der Waals surface area contributed by atoms with E-state index in [2.05, 4.69) is 34.5 Å². The minimum atomic E-state index is 0. The number of carbonyl (C=O) groups is 1. The number of nitrogens with two attached hydrogens (primary N) is 1. The van der Waals surface area contributed by atoms with Crippen LogP contribution in [0.4, 0.5) is 0 Å². The molecule has 1 aliphatic carbocycles. The highest BCUT2D eigenvalue weighted by Gasteiger charge is 2.33. The summed E-state index contributed by atoms with van der Waals surface area (Å²) in [5, 5.41) is 3.15. The predicted molar refractivity (Wildman–Crippen MR) is 105 cm³/mol. The molecule has 0 unspecified atom stereocenters. The quantitative estimate of drug-likeness (QED) is 0.815. The van der Waals surface area contributed by atoms with Gasteiger partial charge in [-0.15, -0.1) is 12.4 Å². The molecule has 1 saturated carbocycles. The third-order valence-electron chi connectivity index (χ3n) is 5.73. The van der Waals surface area contributed by atoms with Crippen LogP contribution in [0.25, 0.3) is 0 Å². The number of hydrogen-bond acceptors (Lipinski definition) is 3. The molecule has 25 heavy (non-hydrogen) atoms. The zero-order chi connectivity index (χ0) is 16.8. The highest BCUT2D eigenvalue weighted by molar-refractivity contribution is 5.85. The van der Waals surface area contributed by atoms with Gasteiger partial charge in [0.15, 0.2) is 0 Å². The number of hydrogen-bond donors (Lipinski definition) is 2. The number of rotatable bonds is 6. The Morgan fingerprint density at radius 1 is 1.12 bits per heavy atom. The van der Waals surface area contributed by atoms with Gasteiger partial charge < -0.3 is 11.1 Å². The molecular formula is C20H32ClN3O. The molecule has 2 atom stereocenters. The van der Waals surface area contributed by atoms with Crippen LogP contribution in [0.1, 0.15) is 43.6 Å². The largest absolute Gasteiger partial charge is 0.355 e. The second-order valence-corrected chi connectivity index (χ2v) is 7.52. The summed E-state index contributed by atoms with van der Waals surface area (Å²) in [5.41, 5.74) is 7.33. The van der Waals surface area contributed by atoms with E-state index in [1.165, 1.54) is 37.7 Å². The summed E-state index contributed by atoms with van der Waals surface area (Å²) in [6.07, 6.45) is 6.55. The first-order valence-corrected chi connectivity index (χ1v) is 9.50. The van der Waals surface area contributed by atoms with Crippen molar-refractivity contribution in [1.29, 1.82) is 0 Å². The Morgan fingerprint density at radius 3 is 2.52 bits per heavy atom. The lowest BCUT2D eigenvalue weighted by Crippen LogP contribution is -2.38. The van der Waals surface area contributed by atoms with Crippen LogP contribution in [0.3, 0.4) is 0 Å². The summed E-state index contributed by atoms with van der Waals surface area (Å²) in [7, 11) is 0. The second-order valence-electron chi connectivity index (χ2n) is 7.52. The van der Waals surface area contributed by atoms with Crippen LogP contribution in [0.5, 0.6) is 0 Å². The van der Waals surface area contributed by atoms with E-state index >= 15 is 0 Å². The van der Waals surface area contributed by atoms with Crippen molar-refractivity contribution in [2.24, 2.45) is 17.6 Å². The van der Waals surface area contributed by atoms with E-state index < -0.39 is 0 Å². The minimum absolute atomic E-state index is 0. The maximum Gasteiger partial charge on any atom is 0.234 e. The molecule has 1 aromatic rings. The lowest BCUT2D eigenvalue weighted by Gasteiger charge is -2.22. The molecule has 0 aromatic heterocycles. The molecule has 2 aliphatic rings. The van der Waals surface area contributed by atoms with Crippen molar-refractivity contribution in [3.63, 3.8) is 0 Å². The number of likely N-dealkylation sites (tertiary alicyclic amines) is 1. The Bertz CT molecular complexity index is 519. The van der Waals surface area contributed by atoms with Crippen molar-refractivity contribution in [1.82, 2.24) is 10.2 Å². The van der Waals surface area contributed by atoms with Gasteiger partial charge in [0.25, 0.3) is 0 Å². The molecule has 0 spiro atoms. The van der Waals surface area contributed by atoms with Crippen molar-refractivity contribution >= 4 is 18.3 Å². The molecule has 4 nitrogen and oxygen atoms in total. The van der Waals surface area contributed by atoms with E-state index in [0.717, 1.165) is 19.6 Å². The Hall–Kier alpha value is -1.10. The predicted octanol–water partition coefficient (Wildman–Crippen LogP) is 2.78. The summed E-state index contributed by atoms with van der Waals surface area (Å²) in [5.74, 6) is 1.75. The molecule has 140 valence electrons. The van der Waals surface area contributed by atoms with Crippen LogP contribution >= 0.6 is 12.4 Å². The summed E-state index contributed by atoms with van der Waals surface area (Å²) >= 11 is 0. The van der Waals surface area contributed by atoms with Crippen molar-refractivity contribution in [3.8, 4) is 0 Å². The zero-order valence-corrected chi connectivity index (χ0v) is 15.8. The second kappa shape index (κ2) is 10.1. The first-order valence-electron chi connectivity index (χ1n) is 9.50. The maximum atomic E-state index is 12.3. The van der Waals surface area contributed by atoms with E-state index in [1.54, 1.807) is 0 Å². The molecule has 2 fully saturated rings. The highest BCUT2D eigenvalue weighted by atomic mass is 35.5. The Morgan fingerprint density at radius 2 is 1.84 bits per heavy atom. The summed E-state index contributed by atoms with van der Waals surface area (Å²) in [6, 6.07) is 10.6. The SMILES string of the molecule is Cl.NC[C@@H]1CN(CC(=O)NCC2CCCCC2)C[C@H]1c1ccccc1. The fourth-order valence-electron chi connectivity index (χ4n) is 4.31. The molecule has 0 radical (unpaired) electrons. The summed E-state index contributed by atoms with van der Waals surface area (Å²) in [6.45, 7) is 3.90. The van der Waals surface area contributed by atoms with E-state index in [9.17, 15) is 4.79 Å². The van der Waals surface area contributed by atoms with Crippen LogP contribution in [-0.2, 0) is 4.79 Å². The molecule has 5 heteroatoms. The fourth-order valence-corrected chi connectivity index (χ4v) is 4.31. The highest BCUT2D eigenvalue weighted by Crippen LogP contribution is 2.31. The standard InChI is InChI=1S/C20H31N3O.ClH/c21-11-18-13-23(14-19(18)17-9-5-2-6-10-17)15-20(24)22-12-16-7-3-1-4-8-16;/h2,5-6,9-10,16,18-19H,1,3-4,7-8,11-15,21H2,(H,22,24);1H/t18-,19+;/m1./s1. The van der Waals surface area contributed by atoms with Gasteiger partial charge in [-0.05, 0) is 36.8 Å². The van der Waals surface area contributed by atoms with Gasteiger partial charge in [-0.25, -0.2) is 0 Å². The van der Waals surface area contributed by atoms with E-state index in [1.807, 2.05) is 6.07 Å². The van der Waals surface area contributed by atoms with E-state index in [4.69, 9.17) is 5.73 Å². The minimum Gasteiger partial charge on any atom is -0.355 e. The normalized spacial score (nSPS) is 24.7.